The van der Waals surface area contributed by atoms with Gasteiger partial charge in [-0.1, -0.05) is 0 Å². The number of halogens is 2. The zero-order valence-corrected chi connectivity index (χ0v) is 9.82. The molecule has 3 N–H and O–H groups in total. The molecular weight excluding hydrogens is 256 g/mol. The quantitative estimate of drug-likeness (QED) is 0.645. The summed E-state index contributed by atoms with van der Waals surface area (Å²) < 4.78 is 36.4. The van der Waals surface area contributed by atoms with Gasteiger partial charge >= 0.3 is 0 Å². The van der Waals surface area contributed by atoms with E-state index in [0.29, 0.717) is 41.3 Å². The highest BCUT2D eigenvalue weighted by Gasteiger charge is 2.18. The second-order valence-electron chi connectivity index (χ2n) is 4.05. The van der Waals surface area contributed by atoms with Gasteiger partial charge in [0, 0.05) is 11.5 Å². The minimum Gasteiger partial charge on any atom is -0.486 e. The van der Waals surface area contributed by atoms with Crippen molar-refractivity contribution in [1.82, 2.24) is 4.98 Å². The lowest BCUT2D eigenvalue weighted by atomic mass is 10.1. The lowest BCUT2D eigenvalue weighted by molar-refractivity contribution is 0.146. The first-order chi connectivity index (χ1) is 9.19. The topological polar surface area (TPSA) is 69.4 Å². The van der Waals surface area contributed by atoms with Crippen molar-refractivity contribution in [2.45, 2.75) is 6.43 Å². The van der Waals surface area contributed by atoms with E-state index in [1.165, 1.54) is 6.07 Å². The van der Waals surface area contributed by atoms with Gasteiger partial charge in [-0.15, -0.1) is 0 Å². The number of pyridine rings is 1. The number of hydrogen-bond donors (Lipinski definition) is 2. The molecule has 0 atom stereocenters. The molecule has 0 spiro atoms. The number of nitrogens with two attached hydrogens (primary N) is 1. The maximum Gasteiger partial charge on any atom is 0.280 e. The summed E-state index contributed by atoms with van der Waals surface area (Å²) in [6, 6.07) is 4.49. The molecule has 1 aliphatic rings. The molecule has 0 radical (unpaired) electrons. The number of benzene rings is 1. The highest BCUT2D eigenvalue weighted by atomic mass is 19.3. The average Bonchev–Trinajstić information content (AvgIpc) is 2.43. The third kappa shape index (κ3) is 2.01. The van der Waals surface area contributed by atoms with Crippen molar-refractivity contribution < 1.29 is 18.3 Å². The van der Waals surface area contributed by atoms with Crippen LogP contribution in [-0.4, -0.2) is 18.2 Å². The molecule has 100 valence electrons. The summed E-state index contributed by atoms with van der Waals surface area (Å²) in [4.78, 5) is 3.91. The van der Waals surface area contributed by atoms with Crippen molar-refractivity contribution in [1.29, 1.82) is 0 Å². The van der Waals surface area contributed by atoms with Gasteiger partial charge in [-0.3, -0.25) is 5.84 Å². The molecule has 2 aromatic rings. The molecule has 19 heavy (non-hydrogen) atoms. The molecule has 1 aliphatic heterocycles. The van der Waals surface area contributed by atoms with Gasteiger partial charge in [0.2, 0.25) is 0 Å². The van der Waals surface area contributed by atoms with Crippen LogP contribution in [0.5, 0.6) is 11.5 Å². The lowest BCUT2D eigenvalue weighted by Gasteiger charge is -2.19. The summed E-state index contributed by atoms with van der Waals surface area (Å²) in [5.41, 5.74) is 2.82. The van der Waals surface area contributed by atoms with Gasteiger partial charge in [-0.05, 0) is 12.1 Å². The average molecular weight is 267 g/mol. The minimum absolute atomic E-state index is 0.336. The van der Waals surface area contributed by atoms with Crippen molar-refractivity contribution in [2.24, 2.45) is 5.84 Å². The molecular formula is C12H11F2N3O2. The Balaban J connectivity index is 2.25. The number of rotatable bonds is 2. The smallest absolute Gasteiger partial charge is 0.280 e. The first-order valence-corrected chi connectivity index (χ1v) is 5.68. The first kappa shape index (κ1) is 11.9. The molecule has 1 aromatic heterocycles. The monoisotopic (exact) mass is 267 g/mol. The lowest BCUT2D eigenvalue weighted by Crippen LogP contribution is -2.15. The van der Waals surface area contributed by atoms with Crippen LogP contribution in [0.25, 0.3) is 10.9 Å². The Labute approximate surface area is 107 Å². The van der Waals surface area contributed by atoms with Crippen molar-refractivity contribution in [3.8, 4) is 11.5 Å². The Morgan fingerprint density at radius 1 is 1.16 bits per heavy atom. The number of anilines is 1. The number of fused-ring (bicyclic) bond motifs is 2. The summed E-state index contributed by atoms with van der Waals surface area (Å²) >= 11 is 0. The molecule has 0 fully saturated rings. The summed E-state index contributed by atoms with van der Waals surface area (Å²) in [5, 5.41) is 0.608. The number of aromatic nitrogens is 1. The number of ether oxygens (including phenoxy) is 2. The number of nitrogen functional groups attached to an aromatic ring is 1. The summed E-state index contributed by atoms with van der Waals surface area (Å²) in [6.07, 6.45) is -2.66. The molecule has 0 saturated carbocycles. The normalized spacial score (nSPS) is 13.9. The number of hydrazine groups is 1. The Bertz CT molecular complexity index is 634. The van der Waals surface area contributed by atoms with E-state index in [-0.39, 0.29) is 5.69 Å². The second kappa shape index (κ2) is 4.51. The molecule has 0 unspecified atom stereocenters. The Hall–Kier alpha value is -2.15. The zero-order chi connectivity index (χ0) is 13.4. The van der Waals surface area contributed by atoms with E-state index in [2.05, 4.69) is 10.4 Å². The molecule has 5 nitrogen and oxygen atoms in total. The van der Waals surface area contributed by atoms with Crippen LogP contribution in [0, 0.1) is 0 Å². The van der Waals surface area contributed by atoms with Crippen molar-refractivity contribution >= 4 is 16.6 Å². The Kier molecular flexibility index (Phi) is 2.83. The standard InChI is InChI=1S/C12H11F2N3O2/c13-12(14)9-4-8(17-15)6-3-10-11(5-7(6)16-9)19-2-1-18-10/h3-5,12H,1-2,15H2,(H,16,17). The van der Waals surface area contributed by atoms with Crippen LogP contribution < -0.4 is 20.7 Å². The van der Waals surface area contributed by atoms with Crippen LogP contribution in [-0.2, 0) is 0 Å². The fourth-order valence-electron chi connectivity index (χ4n) is 2.01. The predicted molar refractivity (Wildman–Crippen MR) is 65.5 cm³/mol. The van der Waals surface area contributed by atoms with E-state index in [9.17, 15) is 8.78 Å². The third-order valence-electron chi connectivity index (χ3n) is 2.87. The van der Waals surface area contributed by atoms with E-state index < -0.39 is 6.43 Å². The van der Waals surface area contributed by atoms with Crippen LogP contribution in [0.2, 0.25) is 0 Å². The maximum absolute atomic E-state index is 12.8. The van der Waals surface area contributed by atoms with Crippen LogP contribution >= 0.6 is 0 Å². The summed E-state index contributed by atoms with van der Waals surface area (Å²) in [5.74, 6) is 6.42. The molecule has 2 heterocycles. The van der Waals surface area contributed by atoms with E-state index in [0.717, 1.165) is 0 Å². The SMILES string of the molecule is NNc1cc(C(F)F)nc2cc3c(cc12)OCCO3. The van der Waals surface area contributed by atoms with Gasteiger partial charge in [0.15, 0.2) is 11.5 Å². The second-order valence-corrected chi connectivity index (χ2v) is 4.05. The fourth-order valence-corrected chi connectivity index (χ4v) is 2.01. The van der Waals surface area contributed by atoms with Crippen molar-refractivity contribution in [3.63, 3.8) is 0 Å². The summed E-state index contributed by atoms with van der Waals surface area (Å²) in [6.45, 7) is 0.876. The largest absolute Gasteiger partial charge is 0.486 e. The molecule has 1 aromatic carbocycles. The number of hydrogen-bond acceptors (Lipinski definition) is 5. The van der Waals surface area contributed by atoms with Gasteiger partial charge in [0.25, 0.3) is 6.43 Å². The molecule has 0 bridgehead atoms. The van der Waals surface area contributed by atoms with Gasteiger partial charge < -0.3 is 14.9 Å². The van der Waals surface area contributed by atoms with Crippen LogP contribution in [0.1, 0.15) is 12.1 Å². The third-order valence-corrected chi connectivity index (χ3v) is 2.87. The molecule has 0 amide bonds. The molecule has 0 saturated heterocycles. The van der Waals surface area contributed by atoms with Gasteiger partial charge in [0.1, 0.15) is 18.9 Å². The number of nitrogens with one attached hydrogen (secondary N) is 1. The van der Waals surface area contributed by atoms with Crippen LogP contribution in [0.3, 0.4) is 0 Å². The maximum atomic E-state index is 12.8. The van der Waals surface area contributed by atoms with E-state index >= 15 is 0 Å². The highest BCUT2D eigenvalue weighted by Crippen LogP contribution is 2.37. The summed E-state index contributed by atoms with van der Waals surface area (Å²) in [7, 11) is 0. The predicted octanol–water partition coefficient (Wildman–Crippen LogP) is 2.23. The van der Waals surface area contributed by atoms with Crippen molar-refractivity contribution in [2.75, 3.05) is 18.6 Å². The first-order valence-electron chi connectivity index (χ1n) is 5.68. The van der Waals surface area contributed by atoms with Gasteiger partial charge in [-0.25, -0.2) is 13.8 Å². The van der Waals surface area contributed by atoms with Crippen LogP contribution in [0.4, 0.5) is 14.5 Å². The Morgan fingerprint density at radius 2 is 1.84 bits per heavy atom. The molecule has 3 rings (SSSR count). The molecule has 7 heteroatoms. The van der Waals surface area contributed by atoms with E-state index in [1.54, 1.807) is 12.1 Å². The zero-order valence-electron chi connectivity index (χ0n) is 9.82. The van der Waals surface area contributed by atoms with E-state index in [4.69, 9.17) is 15.3 Å². The number of nitrogens with zero attached hydrogens (tertiary/aromatic N) is 1. The van der Waals surface area contributed by atoms with Crippen LogP contribution in [0.15, 0.2) is 18.2 Å². The van der Waals surface area contributed by atoms with Crippen molar-refractivity contribution in [3.05, 3.63) is 23.9 Å². The Morgan fingerprint density at radius 3 is 2.47 bits per heavy atom. The molecule has 0 aliphatic carbocycles. The fraction of sp³-hybridized carbons (Fsp3) is 0.250. The van der Waals surface area contributed by atoms with E-state index in [1.807, 2.05) is 0 Å². The number of alkyl halides is 2. The van der Waals surface area contributed by atoms with Gasteiger partial charge in [0.05, 0.1) is 11.2 Å². The highest BCUT2D eigenvalue weighted by molar-refractivity contribution is 5.93. The minimum atomic E-state index is -2.66. The van der Waals surface area contributed by atoms with Gasteiger partial charge in [-0.2, -0.15) is 0 Å².